The average molecular weight is 338 g/mol. The van der Waals surface area contributed by atoms with Gasteiger partial charge in [-0.15, -0.1) is 0 Å². The van der Waals surface area contributed by atoms with Gasteiger partial charge in [-0.3, -0.25) is 9.36 Å². The molecule has 1 fully saturated rings. The molecule has 1 saturated heterocycles. The highest BCUT2D eigenvalue weighted by molar-refractivity contribution is 7.91. The van der Waals surface area contributed by atoms with E-state index >= 15 is 0 Å². The van der Waals surface area contributed by atoms with Crippen LogP contribution in [0, 0.1) is 6.92 Å². The van der Waals surface area contributed by atoms with E-state index in [1.807, 2.05) is 0 Å². The van der Waals surface area contributed by atoms with Crippen LogP contribution in [0.2, 0.25) is 0 Å². The van der Waals surface area contributed by atoms with Crippen molar-refractivity contribution in [1.82, 2.24) is 9.36 Å². The quantitative estimate of drug-likeness (QED) is 0.656. The van der Waals surface area contributed by atoms with Crippen LogP contribution in [0.5, 0.6) is 0 Å². The first-order valence-corrected chi connectivity index (χ1v) is 8.21. The number of aromatic nitrogens is 2. The second kappa shape index (κ2) is 5.57. The molecule has 0 saturated carbocycles. The first kappa shape index (κ1) is 16.8. The minimum Gasteiger partial charge on any atom is -0.390 e. The van der Waals surface area contributed by atoms with Crippen molar-refractivity contribution in [2.45, 2.75) is 37.2 Å². The zero-order valence-corrected chi connectivity index (χ0v) is 12.5. The standard InChI is InChI=1S/C11H15FN2O7S/c1-5-4-13(11(18)14(12)9(5)16)7-3-6(15)8(21-7)10(17)22(2,19)20/h4,6-8,10,15,17H,3H2,1-2H3/t6-,7+,8-,10?/m0/s1. The Morgan fingerprint density at radius 3 is 2.59 bits per heavy atom. The van der Waals surface area contributed by atoms with E-state index in [-0.39, 0.29) is 12.0 Å². The van der Waals surface area contributed by atoms with E-state index in [4.69, 9.17) is 4.74 Å². The normalized spacial score (nSPS) is 27.0. The number of aliphatic hydroxyl groups excluding tert-OH is 2. The number of hydrogen-bond acceptors (Lipinski definition) is 7. The zero-order valence-electron chi connectivity index (χ0n) is 11.7. The number of rotatable bonds is 3. The third-order valence-electron chi connectivity index (χ3n) is 3.40. The van der Waals surface area contributed by atoms with Crippen LogP contribution in [-0.4, -0.2) is 51.9 Å². The molecule has 2 N–H and O–H groups in total. The summed E-state index contributed by atoms with van der Waals surface area (Å²) in [5, 5.41) is 19.5. The minimum absolute atomic E-state index is 0.0766. The Hall–Kier alpha value is -1.56. The molecule has 11 heteroatoms. The molecular formula is C11H15FN2O7S. The molecule has 2 heterocycles. The van der Waals surface area contributed by atoms with Gasteiger partial charge < -0.3 is 14.9 Å². The predicted molar refractivity (Wildman–Crippen MR) is 71.6 cm³/mol. The lowest BCUT2D eigenvalue weighted by molar-refractivity contribution is -0.0596. The van der Waals surface area contributed by atoms with Gasteiger partial charge in [0.2, 0.25) is 0 Å². The van der Waals surface area contributed by atoms with Gasteiger partial charge in [-0.05, 0) is 6.92 Å². The Bertz CT molecular complexity index is 800. The highest BCUT2D eigenvalue weighted by Gasteiger charge is 2.43. The maximum Gasteiger partial charge on any atom is 0.362 e. The van der Waals surface area contributed by atoms with Crippen molar-refractivity contribution in [3.63, 3.8) is 0 Å². The number of nitrogens with zero attached hydrogens (tertiary/aromatic N) is 2. The Kier molecular flexibility index (Phi) is 4.26. The third kappa shape index (κ3) is 2.84. The van der Waals surface area contributed by atoms with Gasteiger partial charge in [-0.1, -0.05) is 9.27 Å². The lowest BCUT2D eigenvalue weighted by atomic mass is 10.2. The van der Waals surface area contributed by atoms with Crippen molar-refractivity contribution in [3.05, 3.63) is 32.6 Å². The number of ether oxygens (including phenoxy) is 1. The van der Waals surface area contributed by atoms with Crippen LogP contribution in [0.4, 0.5) is 4.48 Å². The van der Waals surface area contributed by atoms with E-state index in [2.05, 4.69) is 0 Å². The van der Waals surface area contributed by atoms with E-state index in [0.717, 1.165) is 17.0 Å². The maximum atomic E-state index is 13.5. The molecule has 124 valence electrons. The SMILES string of the molecule is Cc1cn([C@H]2C[C@H](O)[C@@H](C(O)S(C)(=O)=O)O2)c(=O)n(F)c1=O. The molecule has 0 amide bonds. The Morgan fingerprint density at radius 2 is 2.05 bits per heavy atom. The zero-order chi connectivity index (χ0) is 16.8. The number of sulfone groups is 1. The molecule has 1 aromatic heterocycles. The highest BCUT2D eigenvalue weighted by atomic mass is 32.2. The summed E-state index contributed by atoms with van der Waals surface area (Å²) in [6.45, 7) is 1.28. The molecule has 0 aromatic carbocycles. The van der Waals surface area contributed by atoms with Crippen LogP contribution >= 0.6 is 0 Å². The molecule has 2 rings (SSSR count). The van der Waals surface area contributed by atoms with Crippen molar-refractivity contribution >= 4 is 9.84 Å². The molecule has 0 aliphatic carbocycles. The smallest absolute Gasteiger partial charge is 0.362 e. The molecule has 0 spiro atoms. The molecule has 1 aromatic rings. The monoisotopic (exact) mass is 338 g/mol. The van der Waals surface area contributed by atoms with Gasteiger partial charge in [0.15, 0.2) is 15.3 Å². The van der Waals surface area contributed by atoms with Crippen molar-refractivity contribution in [2.75, 3.05) is 6.26 Å². The van der Waals surface area contributed by atoms with Crippen molar-refractivity contribution in [1.29, 1.82) is 0 Å². The van der Waals surface area contributed by atoms with Gasteiger partial charge in [-0.2, -0.15) is 0 Å². The summed E-state index contributed by atoms with van der Waals surface area (Å²) in [6.07, 6.45) is -2.49. The fourth-order valence-electron chi connectivity index (χ4n) is 2.22. The molecule has 22 heavy (non-hydrogen) atoms. The van der Waals surface area contributed by atoms with E-state index in [0.29, 0.717) is 0 Å². The summed E-state index contributed by atoms with van der Waals surface area (Å²) < 4.78 is 42.0. The molecular weight excluding hydrogens is 323 g/mol. The van der Waals surface area contributed by atoms with Crippen LogP contribution in [-0.2, 0) is 14.6 Å². The van der Waals surface area contributed by atoms with E-state index < -0.39 is 49.7 Å². The first-order valence-electron chi connectivity index (χ1n) is 6.25. The topological polar surface area (TPSA) is 128 Å². The number of hydrogen-bond donors (Lipinski definition) is 2. The van der Waals surface area contributed by atoms with Crippen LogP contribution in [0.1, 0.15) is 18.2 Å². The number of aryl methyl sites for hydroxylation is 1. The molecule has 0 radical (unpaired) electrons. The minimum atomic E-state index is -3.90. The van der Waals surface area contributed by atoms with Gasteiger partial charge in [0.25, 0.3) is 5.56 Å². The van der Waals surface area contributed by atoms with Gasteiger partial charge >= 0.3 is 5.69 Å². The van der Waals surface area contributed by atoms with Crippen molar-refractivity contribution in [2.24, 2.45) is 0 Å². The van der Waals surface area contributed by atoms with Crippen LogP contribution < -0.4 is 11.2 Å². The van der Waals surface area contributed by atoms with Gasteiger partial charge in [-0.25, -0.2) is 13.2 Å². The van der Waals surface area contributed by atoms with E-state index in [9.17, 15) is 32.7 Å². The summed E-state index contributed by atoms with van der Waals surface area (Å²) in [7, 11) is -3.90. The first-order chi connectivity index (χ1) is 10.0. The maximum absolute atomic E-state index is 13.5. The average Bonchev–Trinajstić information content (AvgIpc) is 2.80. The summed E-state index contributed by atoms with van der Waals surface area (Å²) >= 11 is 0. The largest absolute Gasteiger partial charge is 0.390 e. The molecule has 1 aliphatic rings. The van der Waals surface area contributed by atoms with Gasteiger partial charge in [0.1, 0.15) is 12.3 Å². The van der Waals surface area contributed by atoms with Crippen LogP contribution in [0.3, 0.4) is 0 Å². The summed E-state index contributed by atoms with van der Waals surface area (Å²) in [5.41, 5.74) is -4.50. The summed E-state index contributed by atoms with van der Waals surface area (Å²) in [5.74, 6) is 0. The Morgan fingerprint density at radius 1 is 1.45 bits per heavy atom. The fraction of sp³-hybridized carbons (Fsp3) is 0.636. The highest BCUT2D eigenvalue weighted by Crippen LogP contribution is 2.30. The van der Waals surface area contributed by atoms with Gasteiger partial charge in [0, 0.05) is 24.4 Å². The van der Waals surface area contributed by atoms with Crippen molar-refractivity contribution in [3.8, 4) is 0 Å². The third-order valence-corrected chi connectivity index (χ3v) is 4.55. The fourth-order valence-corrected chi connectivity index (χ4v) is 2.95. The van der Waals surface area contributed by atoms with Crippen molar-refractivity contribution < 1.29 is 27.8 Å². The lowest BCUT2D eigenvalue weighted by Crippen LogP contribution is -2.40. The Labute approximate surface area is 124 Å². The van der Waals surface area contributed by atoms with Gasteiger partial charge in [0.05, 0.1) is 6.10 Å². The number of halogens is 1. The lowest BCUT2D eigenvalue weighted by Gasteiger charge is -2.20. The van der Waals surface area contributed by atoms with E-state index in [1.165, 1.54) is 6.92 Å². The second-order valence-corrected chi connectivity index (χ2v) is 7.31. The van der Waals surface area contributed by atoms with Crippen LogP contribution in [0.15, 0.2) is 15.8 Å². The van der Waals surface area contributed by atoms with Crippen LogP contribution in [0.25, 0.3) is 0 Å². The molecule has 1 aliphatic heterocycles. The number of aliphatic hydroxyl groups is 2. The molecule has 9 nitrogen and oxygen atoms in total. The predicted octanol–water partition coefficient (Wildman–Crippen LogP) is -1.94. The summed E-state index contributed by atoms with van der Waals surface area (Å²) in [4.78, 5) is 22.4. The van der Waals surface area contributed by atoms with E-state index in [1.54, 1.807) is 0 Å². The Balaban J connectivity index is 2.38. The molecule has 4 atom stereocenters. The molecule has 1 unspecified atom stereocenters. The molecule has 0 bridgehead atoms. The summed E-state index contributed by atoms with van der Waals surface area (Å²) in [6, 6.07) is 0. The second-order valence-electron chi connectivity index (χ2n) is 5.17.